The molecule has 1 aliphatic heterocycles. The normalized spacial score (nSPS) is 15.9. The van der Waals surface area contributed by atoms with Gasteiger partial charge in [-0.2, -0.15) is 5.10 Å². The van der Waals surface area contributed by atoms with Gasteiger partial charge in [0.2, 0.25) is 0 Å². The number of hydrogen-bond donors (Lipinski definition) is 0. The molecular formula is C26H24BrN3O. The Kier molecular flexibility index (Phi) is 6.33. The number of hydrazone groups is 1. The van der Waals surface area contributed by atoms with Gasteiger partial charge in [-0.05, 0) is 47.0 Å². The predicted octanol–water partition coefficient (Wildman–Crippen LogP) is 5.91. The molecule has 0 fully saturated rings. The maximum absolute atomic E-state index is 13.1. The van der Waals surface area contributed by atoms with E-state index >= 15 is 0 Å². The predicted molar refractivity (Wildman–Crippen MR) is 131 cm³/mol. The van der Waals surface area contributed by atoms with Crippen molar-refractivity contribution in [3.05, 3.63) is 106 Å². The van der Waals surface area contributed by atoms with Crippen LogP contribution in [0.4, 0.5) is 5.69 Å². The highest BCUT2D eigenvalue weighted by molar-refractivity contribution is 9.10. The van der Waals surface area contributed by atoms with E-state index in [0.717, 1.165) is 32.6 Å². The number of carbonyl (C=O) groups excluding carboxylic acids is 1. The molecule has 0 saturated heterocycles. The molecule has 1 atom stereocenters. The largest absolute Gasteiger partial charge is 0.378 e. The van der Waals surface area contributed by atoms with E-state index < -0.39 is 0 Å². The van der Waals surface area contributed by atoms with Crippen molar-refractivity contribution in [2.45, 2.75) is 12.5 Å². The van der Waals surface area contributed by atoms with Crippen LogP contribution in [0.1, 0.15) is 29.2 Å². The average molecular weight is 474 g/mol. The summed E-state index contributed by atoms with van der Waals surface area (Å²) in [6.45, 7) is 0. The Morgan fingerprint density at radius 3 is 2.32 bits per heavy atom. The molecule has 5 heteroatoms. The van der Waals surface area contributed by atoms with Crippen molar-refractivity contribution >= 4 is 39.3 Å². The smallest absolute Gasteiger partial charge is 0.267 e. The van der Waals surface area contributed by atoms with E-state index in [-0.39, 0.29) is 11.9 Å². The molecule has 4 nitrogen and oxygen atoms in total. The molecule has 0 aliphatic carbocycles. The molecule has 3 aromatic carbocycles. The van der Waals surface area contributed by atoms with Gasteiger partial charge in [0.15, 0.2) is 0 Å². The lowest BCUT2D eigenvalue weighted by Gasteiger charge is -2.22. The molecule has 1 heterocycles. The van der Waals surface area contributed by atoms with Gasteiger partial charge in [-0.25, -0.2) is 5.01 Å². The Bertz CT molecular complexity index is 1100. The Morgan fingerprint density at radius 1 is 1.00 bits per heavy atom. The second-order valence-electron chi connectivity index (χ2n) is 7.69. The van der Waals surface area contributed by atoms with Gasteiger partial charge in [-0.1, -0.05) is 70.5 Å². The Balaban J connectivity index is 1.64. The molecule has 0 N–H and O–H groups in total. The van der Waals surface area contributed by atoms with E-state index in [0.29, 0.717) is 6.42 Å². The number of nitrogens with zero attached hydrogens (tertiary/aromatic N) is 3. The number of carbonyl (C=O) groups is 1. The minimum Gasteiger partial charge on any atom is -0.378 e. The number of benzene rings is 3. The summed E-state index contributed by atoms with van der Waals surface area (Å²) in [5, 5.41) is 6.35. The van der Waals surface area contributed by atoms with E-state index in [9.17, 15) is 4.79 Å². The third-order valence-corrected chi connectivity index (χ3v) is 5.85. The van der Waals surface area contributed by atoms with E-state index in [2.05, 4.69) is 45.1 Å². The zero-order chi connectivity index (χ0) is 21.8. The van der Waals surface area contributed by atoms with E-state index in [1.165, 1.54) is 0 Å². The molecule has 0 aromatic heterocycles. The minimum atomic E-state index is -0.136. The molecular weight excluding hydrogens is 450 g/mol. The van der Waals surface area contributed by atoms with Gasteiger partial charge in [-0.3, -0.25) is 4.79 Å². The first kappa shape index (κ1) is 21.1. The van der Waals surface area contributed by atoms with E-state index in [1.54, 1.807) is 11.1 Å². The molecule has 0 spiro atoms. The highest BCUT2D eigenvalue weighted by Crippen LogP contribution is 2.34. The third-order valence-electron chi connectivity index (χ3n) is 5.33. The highest BCUT2D eigenvalue weighted by Gasteiger charge is 2.32. The molecule has 1 amide bonds. The summed E-state index contributed by atoms with van der Waals surface area (Å²) in [4.78, 5) is 15.2. The second-order valence-corrected chi connectivity index (χ2v) is 8.60. The summed E-state index contributed by atoms with van der Waals surface area (Å²) in [6, 6.07) is 26.1. The zero-order valence-electron chi connectivity index (χ0n) is 17.6. The van der Waals surface area contributed by atoms with E-state index in [4.69, 9.17) is 5.10 Å². The van der Waals surface area contributed by atoms with Gasteiger partial charge in [0.1, 0.15) is 0 Å². The Labute approximate surface area is 191 Å². The van der Waals surface area contributed by atoms with Crippen molar-refractivity contribution < 1.29 is 4.79 Å². The fourth-order valence-corrected chi connectivity index (χ4v) is 3.86. The van der Waals surface area contributed by atoms with Crippen LogP contribution < -0.4 is 4.90 Å². The maximum atomic E-state index is 13.1. The fourth-order valence-electron chi connectivity index (χ4n) is 3.59. The topological polar surface area (TPSA) is 35.9 Å². The number of anilines is 1. The van der Waals surface area contributed by atoms with Gasteiger partial charge in [0.25, 0.3) is 5.91 Å². The lowest BCUT2D eigenvalue weighted by Crippen LogP contribution is -2.25. The van der Waals surface area contributed by atoms with Gasteiger partial charge in [0.05, 0.1) is 11.8 Å². The monoisotopic (exact) mass is 473 g/mol. The van der Waals surface area contributed by atoms with Crippen molar-refractivity contribution in [2.24, 2.45) is 5.10 Å². The van der Waals surface area contributed by atoms with Crippen LogP contribution in [0.5, 0.6) is 0 Å². The Morgan fingerprint density at radius 2 is 1.68 bits per heavy atom. The first-order valence-corrected chi connectivity index (χ1v) is 11.0. The van der Waals surface area contributed by atoms with Gasteiger partial charge < -0.3 is 4.90 Å². The lowest BCUT2D eigenvalue weighted by molar-refractivity contribution is -0.127. The number of amides is 1. The van der Waals surface area contributed by atoms with Crippen LogP contribution in [0, 0.1) is 0 Å². The van der Waals surface area contributed by atoms with Crippen molar-refractivity contribution in [2.75, 3.05) is 19.0 Å². The van der Waals surface area contributed by atoms with Crippen LogP contribution in [0.2, 0.25) is 0 Å². The summed E-state index contributed by atoms with van der Waals surface area (Å²) in [7, 11) is 4.03. The number of halogens is 1. The molecule has 31 heavy (non-hydrogen) atoms. The quantitative estimate of drug-likeness (QED) is 0.432. The van der Waals surface area contributed by atoms with Crippen molar-refractivity contribution in [3.8, 4) is 0 Å². The summed E-state index contributed by atoms with van der Waals surface area (Å²) in [5.41, 5.74) is 5.12. The van der Waals surface area contributed by atoms with Crippen LogP contribution >= 0.6 is 15.9 Å². The fraction of sp³-hybridized carbons (Fsp3) is 0.154. The van der Waals surface area contributed by atoms with Crippen molar-refractivity contribution in [1.82, 2.24) is 5.01 Å². The van der Waals surface area contributed by atoms with Gasteiger partial charge in [0, 0.05) is 36.8 Å². The zero-order valence-corrected chi connectivity index (χ0v) is 19.2. The van der Waals surface area contributed by atoms with Crippen LogP contribution in [-0.2, 0) is 4.79 Å². The van der Waals surface area contributed by atoms with Crippen LogP contribution in [0.15, 0.2) is 94.5 Å². The average Bonchev–Trinajstić information content (AvgIpc) is 3.24. The first-order chi connectivity index (χ1) is 15.0. The molecule has 0 radical (unpaired) electrons. The summed E-state index contributed by atoms with van der Waals surface area (Å²) >= 11 is 3.48. The summed E-state index contributed by atoms with van der Waals surface area (Å²) in [6.07, 6.45) is 4.11. The summed E-state index contributed by atoms with van der Waals surface area (Å²) < 4.78 is 1.02. The molecule has 0 bridgehead atoms. The lowest BCUT2D eigenvalue weighted by atomic mass is 9.98. The third kappa shape index (κ3) is 4.94. The first-order valence-electron chi connectivity index (χ1n) is 10.2. The highest BCUT2D eigenvalue weighted by atomic mass is 79.9. The molecule has 0 saturated carbocycles. The van der Waals surface area contributed by atoms with Gasteiger partial charge in [-0.15, -0.1) is 0 Å². The van der Waals surface area contributed by atoms with Gasteiger partial charge >= 0.3 is 0 Å². The SMILES string of the molecule is CN(C)c1ccc([C@H]2CC(c3ccc(Br)cc3)=NN2C(=O)/C=C/c2ccccc2)cc1. The second kappa shape index (κ2) is 9.31. The Hall–Kier alpha value is -3.18. The van der Waals surface area contributed by atoms with Crippen LogP contribution in [0.3, 0.4) is 0 Å². The van der Waals surface area contributed by atoms with Crippen LogP contribution in [-0.4, -0.2) is 30.7 Å². The van der Waals surface area contributed by atoms with E-state index in [1.807, 2.05) is 74.8 Å². The number of rotatable bonds is 5. The maximum Gasteiger partial charge on any atom is 0.267 e. The molecule has 4 rings (SSSR count). The minimum absolute atomic E-state index is 0.127. The standard InChI is InChI=1S/C26H24BrN3O/c1-29(2)23-15-11-21(12-16-23)25-18-24(20-9-13-22(27)14-10-20)28-30(25)26(31)17-8-19-6-4-3-5-7-19/h3-17,25H,18H2,1-2H3/b17-8+/t25-/m1/s1. The molecule has 0 unspecified atom stereocenters. The molecule has 3 aromatic rings. The van der Waals surface area contributed by atoms with Crippen molar-refractivity contribution in [3.63, 3.8) is 0 Å². The van der Waals surface area contributed by atoms with Crippen molar-refractivity contribution in [1.29, 1.82) is 0 Å². The number of hydrogen-bond acceptors (Lipinski definition) is 3. The van der Waals surface area contributed by atoms with Crippen LogP contribution in [0.25, 0.3) is 6.08 Å². The molecule has 156 valence electrons. The molecule has 1 aliphatic rings. The summed E-state index contributed by atoms with van der Waals surface area (Å²) in [5.74, 6) is -0.127.